The van der Waals surface area contributed by atoms with Gasteiger partial charge in [-0.15, -0.1) is 0 Å². The Kier molecular flexibility index (Phi) is 4.18. The molecule has 0 saturated heterocycles. The van der Waals surface area contributed by atoms with Gasteiger partial charge in [-0.1, -0.05) is 42.9 Å². The van der Waals surface area contributed by atoms with Gasteiger partial charge in [-0.25, -0.2) is 0 Å². The van der Waals surface area contributed by atoms with Crippen LogP contribution in [-0.4, -0.2) is 9.76 Å². The summed E-state index contributed by atoms with van der Waals surface area (Å²) in [5, 5.41) is 0. The molecule has 0 radical (unpaired) electrons. The minimum atomic E-state index is -0.400. The van der Waals surface area contributed by atoms with Crippen LogP contribution in [-0.2, 0) is 4.43 Å². The van der Waals surface area contributed by atoms with Gasteiger partial charge in [-0.3, -0.25) is 0 Å². The first-order chi connectivity index (χ1) is 8.72. The summed E-state index contributed by atoms with van der Waals surface area (Å²) in [5.74, 6) is 0. The van der Waals surface area contributed by atoms with Crippen molar-refractivity contribution in [1.29, 1.82) is 0 Å². The molecule has 0 fully saturated rings. The van der Waals surface area contributed by atoms with E-state index in [0.717, 1.165) is 5.69 Å². The third-order valence-electron chi connectivity index (χ3n) is 3.04. The van der Waals surface area contributed by atoms with E-state index in [1.807, 2.05) is 12.1 Å². The molecule has 2 nitrogen and oxygen atoms in total. The van der Waals surface area contributed by atoms with E-state index in [0.29, 0.717) is 0 Å². The van der Waals surface area contributed by atoms with Crippen molar-refractivity contribution >= 4 is 15.5 Å². The molecule has 3 heteroatoms. The van der Waals surface area contributed by atoms with Gasteiger partial charge in [0.15, 0.2) is 9.76 Å². The van der Waals surface area contributed by atoms with Crippen molar-refractivity contribution in [1.82, 2.24) is 0 Å². The van der Waals surface area contributed by atoms with Gasteiger partial charge in [0.2, 0.25) is 0 Å². The maximum Gasteiger partial charge on any atom is 0.159 e. The third-order valence-corrected chi connectivity index (χ3v) is 3.87. The Labute approximate surface area is 111 Å². The van der Waals surface area contributed by atoms with Crippen LogP contribution in [0.4, 0.5) is 5.69 Å². The third kappa shape index (κ3) is 2.81. The van der Waals surface area contributed by atoms with Crippen LogP contribution in [0, 0.1) is 0 Å². The second kappa shape index (κ2) is 5.84. The number of benzene rings is 2. The van der Waals surface area contributed by atoms with Crippen molar-refractivity contribution in [3.05, 3.63) is 54.1 Å². The highest BCUT2D eigenvalue weighted by atomic mass is 28.2. The van der Waals surface area contributed by atoms with Crippen LogP contribution in [0.2, 0.25) is 6.55 Å². The quantitative estimate of drug-likeness (QED) is 0.674. The van der Waals surface area contributed by atoms with Crippen LogP contribution in [0.3, 0.4) is 0 Å². The standard InChI is InChI=1S/C15H19NOSi/c1-11(17-18-2)14-5-3-4-6-15(14)12-7-9-13(16)10-8-12/h3-11H,16,18H2,1-2H3. The molecule has 0 aliphatic carbocycles. The van der Waals surface area contributed by atoms with Crippen molar-refractivity contribution in [2.45, 2.75) is 19.6 Å². The molecule has 0 aliphatic heterocycles. The zero-order valence-electron chi connectivity index (χ0n) is 10.9. The number of rotatable bonds is 4. The minimum absolute atomic E-state index is 0.162. The highest BCUT2D eigenvalue weighted by Crippen LogP contribution is 2.30. The first-order valence-electron chi connectivity index (χ1n) is 6.28. The largest absolute Gasteiger partial charge is 0.418 e. The summed E-state index contributed by atoms with van der Waals surface area (Å²) in [6.07, 6.45) is 0.162. The molecule has 2 rings (SSSR count). The average Bonchev–Trinajstić information content (AvgIpc) is 2.40. The minimum Gasteiger partial charge on any atom is -0.418 e. The molecule has 2 aromatic rings. The van der Waals surface area contributed by atoms with E-state index in [-0.39, 0.29) is 6.10 Å². The Morgan fingerprint density at radius 1 is 1.06 bits per heavy atom. The van der Waals surface area contributed by atoms with Crippen LogP contribution in [0.15, 0.2) is 48.5 Å². The van der Waals surface area contributed by atoms with Crippen LogP contribution in [0.1, 0.15) is 18.6 Å². The van der Waals surface area contributed by atoms with Gasteiger partial charge in [0.1, 0.15) is 0 Å². The van der Waals surface area contributed by atoms with Gasteiger partial charge >= 0.3 is 0 Å². The Hall–Kier alpha value is -1.58. The lowest BCUT2D eigenvalue weighted by atomic mass is 9.97. The molecule has 0 spiro atoms. The number of hydrogen-bond acceptors (Lipinski definition) is 2. The maximum absolute atomic E-state index is 5.83. The molecule has 2 N–H and O–H groups in total. The van der Waals surface area contributed by atoms with E-state index in [4.69, 9.17) is 10.2 Å². The second-order valence-corrected chi connectivity index (χ2v) is 5.22. The van der Waals surface area contributed by atoms with E-state index in [2.05, 4.69) is 49.9 Å². The fraction of sp³-hybridized carbons (Fsp3) is 0.200. The molecule has 0 saturated carbocycles. The van der Waals surface area contributed by atoms with Crippen molar-refractivity contribution in [3.63, 3.8) is 0 Å². The van der Waals surface area contributed by atoms with Crippen molar-refractivity contribution < 1.29 is 4.43 Å². The molecule has 94 valence electrons. The zero-order valence-corrected chi connectivity index (χ0v) is 12.3. The SMILES string of the molecule is C[SiH2]OC(C)c1ccccc1-c1ccc(N)cc1. The molecule has 0 aliphatic rings. The summed E-state index contributed by atoms with van der Waals surface area (Å²) < 4.78 is 5.83. The van der Waals surface area contributed by atoms with E-state index >= 15 is 0 Å². The number of anilines is 1. The molecule has 18 heavy (non-hydrogen) atoms. The molecule has 0 heterocycles. The van der Waals surface area contributed by atoms with E-state index in [9.17, 15) is 0 Å². The zero-order chi connectivity index (χ0) is 13.0. The van der Waals surface area contributed by atoms with Gasteiger partial charge in [-0.2, -0.15) is 0 Å². The van der Waals surface area contributed by atoms with E-state index in [1.54, 1.807) is 0 Å². The predicted molar refractivity (Wildman–Crippen MR) is 80.2 cm³/mol. The van der Waals surface area contributed by atoms with E-state index < -0.39 is 9.76 Å². The molecular weight excluding hydrogens is 238 g/mol. The predicted octanol–water partition coefficient (Wildman–Crippen LogP) is 3.15. The highest BCUT2D eigenvalue weighted by Gasteiger charge is 2.10. The summed E-state index contributed by atoms with van der Waals surface area (Å²) in [4.78, 5) is 0. The lowest BCUT2D eigenvalue weighted by Crippen LogP contribution is -2.03. The summed E-state index contributed by atoms with van der Waals surface area (Å²) >= 11 is 0. The molecular formula is C15H19NOSi. The summed E-state index contributed by atoms with van der Waals surface area (Å²) in [5.41, 5.74) is 10.2. The van der Waals surface area contributed by atoms with Crippen LogP contribution >= 0.6 is 0 Å². The number of nitrogen functional groups attached to an aromatic ring is 1. The smallest absolute Gasteiger partial charge is 0.159 e. The lowest BCUT2D eigenvalue weighted by Gasteiger charge is -2.17. The number of nitrogens with two attached hydrogens (primary N) is 1. The van der Waals surface area contributed by atoms with Gasteiger partial charge in [-0.05, 0) is 35.7 Å². The maximum atomic E-state index is 5.83. The first-order valence-corrected chi connectivity index (χ1v) is 8.28. The van der Waals surface area contributed by atoms with Gasteiger partial charge in [0, 0.05) is 5.69 Å². The summed E-state index contributed by atoms with van der Waals surface area (Å²) in [7, 11) is -0.400. The fourth-order valence-electron chi connectivity index (χ4n) is 2.12. The first kappa shape index (κ1) is 12.9. The Morgan fingerprint density at radius 3 is 2.39 bits per heavy atom. The van der Waals surface area contributed by atoms with Crippen molar-refractivity contribution in [2.24, 2.45) is 0 Å². The Bertz CT molecular complexity index is 510. The second-order valence-electron chi connectivity index (χ2n) is 4.31. The van der Waals surface area contributed by atoms with Crippen LogP contribution in [0.25, 0.3) is 11.1 Å². The Morgan fingerprint density at radius 2 is 1.72 bits per heavy atom. The molecule has 1 unspecified atom stereocenters. The number of hydrogen-bond donors (Lipinski definition) is 1. The highest BCUT2D eigenvalue weighted by molar-refractivity contribution is 6.24. The molecule has 0 aromatic heterocycles. The molecule has 2 aromatic carbocycles. The topological polar surface area (TPSA) is 35.2 Å². The molecule has 1 atom stereocenters. The van der Waals surface area contributed by atoms with Gasteiger partial charge in [0.05, 0.1) is 6.10 Å². The molecule has 0 bridgehead atoms. The average molecular weight is 257 g/mol. The van der Waals surface area contributed by atoms with Gasteiger partial charge in [0.25, 0.3) is 0 Å². The van der Waals surface area contributed by atoms with Crippen molar-refractivity contribution in [2.75, 3.05) is 5.73 Å². The lowest BCUT2D eigenvalue weighted by molar-refractivity contribution is 0.242. The summed E-state index contributed by atoms with van der Waals surface area (Å²) in [6.45, 7) is 4.27. The van der Waals surface area contributed by atoms with Crippen molar-refractivity contribution in [3.8, 4) is 11.1 Å². The van der Waals surface area contributed by atoms with Crippen LogP contribution < -0.4 is 5.73 Å². The molecule has 0 amide bonds. The van der Waals surface area contributed by atoms with Crippen LogP contribution in [0.5, 0.6) is 0 Å². The fourth-order valence-corrected chi connectivity index (χ4v) is 2.80. The Balaban J connectivity index is 2.41. The van der Waals surface area contributed by atoms with Gasteiger partial charge < -0.3 is 10.2 Å². The monoisotopic (exact) mass is 257 g/mol. The summed E-state index contributed by atoms with van der Waals surface area (Å²) in [6, 6.07) is 16.4. The van der Waals surface area contributed by atoms with E-state index in [1.165, 1.54) is 16.7 Å². The normalized spacial score (nSPS) is 13.0.